The molecule has 3 aromatic rings. The fourth-order valence-electron chi connectivity index (χ4n) is 4.09. The van der Waals surface area contributed by atoms with E-state index in [1.54, 1.807) is 0 Å². The van der Waals surface area contributed by atoms with Gasteiger partial charge in [-0.2, -0.15) is 0 Å². The molecule has 1 atom stereocenters. The van der Waals surface area contributed by atoms with Gasteiger partial charge in [0.2, 0.25) is 21.8 Å². The molecular weight excluding hydrogens is 637 g/mol. The van der Waals surface area contributed by atoms with E-state index in [1.165, 1.54) is 23.1 Å². The van der Waals surface area contributed by atoms with Gasteiger partial charge in [0.15, 0.2) is 0 Å². The largest absolute Gasteiger partial charge is 0.354 e. The first kappa shape index (κ1) is 31.9. The number of carbonyl (C=O) groups excluding carboxylic acids is 2. The van der Waals surface area contributed by atoms with Crippen molar-refractivity contribution in [2.75, 3.05) is 23.7 Å². The molecule has 3 aromatic carbocycles. The van der Waals surface area contributed by atoms with Gasteiger partial charge in [0.1, 0.15) is 12.6 Å². The quantitative estimate of drug-likeness (QED) is 0.259. The molecule has 3 rings (SSSR count). The van der Waals surface area contributed by atoms with Crippen LogP contribution in [-0.2, 0) is 32.6 Å². The molecule has 0 saturated carbocycles. The predicted octanol–water partition coefficient (Wildman–Crippen LogP) is 5.93. The molecule has 0 bridgehead atoms. The van der Waals surface area contributed by atoms with Gasteiger partial charge in [-0.15, -0.1) is 0 Å². The minimum atomic E-state index is -3.94. The van der Waals surface area contributed by atoms with Crippen LogP contribution in [-0.4, -0.2) is 50.5 Å². The highest BCUT2D eigenvalue weighted by Crippen LogP contribution is 2.31. The second-order valence-corrected chi connectivity index (χ2v) is 13.5. The average molecular weight is 669 g/mol. The van der Waals surface area contributed by atoms with Crippen molar-refractivity contribution < 1.29 is 18.0 Å². The van der Waals surface area contributed by atoms with Gasteiger partial charge in [-0.1, -0.05) is 95.4 Å². The van der Waals surface area contributed by atoms with Crippen LogP contribution in [0, 0.1) is 5.92 Å². The third-order valence-corrected chi connectivity index (χ3v) is 8.21. The standard InChI is InChI=1S/C29H32BrCl2N3O4S/c1-20(2)17-33-29(37)27(15-21-8-5-4-6-9-21)34(18-22-10-7-11-23(30)14-22)28(36)19-35(40(3,38)39)26-13-12-24(31)16-25(26)32/h4-14,16,20,27H,15,17-19H2,1-3H3,(H,33,37)/t27-/m0/s1. The summed E-state index contributed by atoms with van der Waals surface area (Å²) in [5.74, 6) is -0.684. The van der Waals surface area contributed by atoms with Crippen molar-refractivity contribution in [2.24, 2.45) is 5.92 Å². The second-order valence-electron chi connectivity index (χ2n) is 9.86. The summed E-state index contributed by atoms with van der Waals surface area (Å²) >= 11 is 15.8. The van der Waals surface area contributed by atoms with Crippen molar-refractivity contribution in [3.63, 3.8) is 0 Å². The van der Waals surface area contributed by atoms with Crippen LogP contribution in [0.5, 0.6) is 0 Å². The van der Waals surface area contributed by atoms with Crippen LogP contribution in [0.4, 0.5) is 5.69 Å². The molecule has 11 heteroatoms. The van der Waals surface area contributed by atoms with Gasteiger partial charge < -0.3 is 10.2 Å². The molecule has 0 aliphatic heterocycles. The lowest BCUT2D eigenvalue weighted by molar-refractivity contribution is -0.140. The van der Waals surface area contributed by atoms with Crippen LogP contribution >= 0.6 is 39.1 Å². The Labute approximate surface area is 254 Å². The van der Waals surface area contributed by atoms with Gasteiger partial charge in [0.05, 0.1) is 17.0 Å². The number of amides is 2. The summed E-state index contributed by atoms with van der Waals surface area (Å²) in [6.45, 7) is 3.92. The third kappa shape index (κ3) is 9.23. The minimum absolute atomic E-state index is 0.0802. The highest BCUT2D eigenvalue weighted by Gasteiger charge is 2.33. The fourth-order valence-corrected chi connectivity index (χ4v) is 5.96. The molecule has 0 spiro atoms. The molecule has 40 heavy (non-hydrogen) atoms. The van der Waals surface area contributed by atoms with E-state index in [9.17, 15) is 18.0 Å². The van der Waals surface area contributed by atoms with Crippen molar-refractivity contribution in [1.29, 1.82) is 0 Å². The maximum Gasteiger partial charge on any atom is 0.244 e. The lowest BCUT2D eigenvalue weighted by Gasteiger charge is -2.34. The van der Waals surface area contributed by atoms with E-state index in [0.717, 1.165) is 26.2 Å². The zero-order valence-electron chi connectivity index (χ0n) is 22.5. The second kappa shape index (κ2) is 14.3. The van der Waals surface area contributed by atoms with Gasteiger partial charge in [0.25, 0.3) is 0 Å². The van der Waals surface area contributed by atoms with E-state index in [4.69, 9.17) is 23.2 Å². The summed E-state index contributed by atoms with van der Waals surface area (Å²) in [7, 11) is -3.94. The predicted molar refractivity (Wildman–Crippen MR) is 165 cm³/mol. The summed E-state index contributed by atoms with van der Waals surface area (Å²) in [5, 5.41) is 3.37. The number of carbonyl (C=O) groups is 2. The van der Waals surface area contributed by atoms with E-state index in [-0.39, 0.29) is 35.5 Å². The topological polar surface area (TPSA) is 86.8 Å². The molecule has 214 valence electrons. The van der Waals surface area contributed by atoms with Gasteiger partial charge in [0, 0.05) is 29.0 Å². The minimum Gasteiger partial charge on any atom is -0.354 e. The van der Waals surface area contributed by atoms with Crippen LogP contribution in [0.15, 0.2) is 77.3 Å². The molecular formula is C29H32BrCl2N3O4S. The Morgan fingerprint density at radius 2 is 1.62 bits per heavy atom. The van der Waals surface area contributed by atoms with Gasteiger partial charge in [-0.25, -0.2) is 8.42 Å². The number of hydrogen-bond donors (Lipinski definition) is 1. The van der Waals surface area contributed by atoms with Gasteiger partial charge in [-0.3, -0.25) is 13.9 Å². The highest BCUT2D eigenvalue weighted by molar-refractivity contribution is 9.10. The van der Waals surface area contributed by atoms with E-state index in [0.29, 0.717) is 11.6 Å². The van der Waals surface area contributed by atoms with Crippen molar-refractivity contribution in [2.45, 2.75) is 32.9 Å². The van der Waals surface area contributed by atoms with E-state index >= 15 is 0 Å². The number of halogens is 3. The Hall–Kier alpha value is -2.59. The van der Waals surface area contributed by atoms with Crippen molar-refractivity contribution in [3.05, 3.63) is 98.4 Å². The summed E-state index contributed by atoms with van der Waals surface area (Å²) in [5.41, 5.74) is 1.75. The molecule has 1 N–H and O–H groups in total. The van der Waals surface area contributed by atoms with Crippen LogP contribution in [0.25, 0.3) is 0 Å². The maximum absolute atomic E-state index is 14.1. The van der Waals surface area contributed by atoms with E-state index in [1.807, 2.05) is 68.4 Å². The van der Waals surface area contributed by atoms with Crippen molar-refractivity contribution >= 4 is 66.7 Å². The SMILES string of the molecule is CC(C)CNC(=O)[C@H](Cc1ccccc1)N(Cc1cccc(Br)c1)C(=O)CN(c1ccc(Cl)cc1Cl)S(C)(=O)=O. The smallest absolute Gasteiger partial charge is 0.244 e. The van der Waals surface area contributed by atoms with Crippen LogP contribution in [0.1, 0.15) is 25.0 Å². The molecule has 0 fully saturated rings. The molecule has 0 aliphatic rings. The number of nitrogens with zero attached hydrogens (tertiary/aromatic N) is 2. The summed E-state index contributed by atoms with van der Waals surface area (Å²) in [6, 6.07) is 20.3. The molecule has 0 unspecified atom stereocenters. The summed E-state index contributed by atoms with van der Waals surface area (Å²) in [6.07, 6.45) is 1.24. The Morgan fingerprint density at radius 1 is 0.950 bits per heavy atom. The number of anilines is 1. The first-order valence-corrected chi connectivity index (χ1v) is 16.0. The highest BCUT2D eigenvalue weighted by atomic mass is 79.9. The van der Waals surface area contributed by atoms with E-state index in [2.05, 4.69) is 21.2 Å². The number of hydrogen-bond acceptors (Lipinski definition) is 4. The molecule has 0 saturated heterocycles. The van der Waals surface area contributed by atoms with E-state index < -0.39 is 28.5 Å². The molecule has 0 aliphatic carbocycles. The number of benzene rings is 3. The Kier molecular flexibility index (Phi) is 11.5. The maximum atomic E-state index is 14.1. The Balaban J connectivity index is 2.07. The Morgan fingerprint density at radius 3 is 2.23 bits per heavy atom. The van der Waals surface area contributed by atoms with Gasteiger partial charge >= 0.3 is 0 Å². The van der Waals surface area contributed by atoms with Crippen LogP contribution < -0.4 is 9.62 Å². The molecule has 2 amide bonds. The number of nitrogens with one attached hydrogen (secondary N) is 1. The average Bonchev–Trinajstić information content (AvgIpc) is 2.88. The number of rotatable bonds is 12. The summed E-state index contributed by atoms with van der Waals surface area (Å²) in [4.78, 5) is 29.1. The number of sulfonamides is 1. The molecule has 0 radical (unpaired) electrons. The first-order chi connectivity index (χ1) is 18.8. The Bertz CT molecular complexity index is 1440. The van der Waals surface area contributed by atoms with Crippen LogP contribution in [0.3, 0.4) is 0 Å². The molecule has 0 aromatic heterocycles. The van der Waals surface area contributed by atoms with Crippen molar-refractivity contribution in [1.82, 2.24) is 10.2 Å². The fraction of sp³-hybridized carbons (Fsp3) is 0.310. The zero-order valence-corrected chi connectivity index (χ0v) is 26.4. The summed E-state index contributed by atoms with van der Waals surface area (Å²) < 4.78 is 27.5. The zero-order chi connectivity index (χ0) is 29.4. The molecule has 0 heterocycles. The lowest BCUT2D eigenvalue weighted by atomic mass is 10.0. The lowest BCUT2D eigenvalue weighted by Crippen LogP contribution is -2.53. The van der Waals surface area contributed by atoms with Gasteiger partial charge in [-0.05, 0) is 47.4 Å². The third-order valence-electron chi connectivity index (χ3n) is 6.06. The van der Waals surface area contributed by atoms with Crippen LogP contribution in [0.2, 0.25) is 10.0 Å². The monoisotopic (exact) mass is 667 g/mol. The molecule has 7 nitrogen and oxygen atoms in total. The first-order valence-electron chi connectivity index (χ1n) is 12.6. The van der Waals surface area contributed by atoms with Crippen molar-refractivity contribution in [3.8, 4) is 0 Å². The normalized spacial score (nSPS) is 12.2.